The minimum absolute atomic E-state index is 0. The molecule has 0 fully saturated rings. The first-order valence-electron chi connectivity index (χ1n) is 13.1. The fourth-order valence-electron chi connectivity index (χ4n) is 4.10. The number of rotatable bonds is 9. The molecule has 0 saturated heterocycles. The highest BCUT2D eigenvalue weighted by atomic mass is 35.5. The molecule has 0 bridgehead atoms. The van der Waals surface area contributed by atoms with Gasteiger partial charge in [0, 0.05) is 54.4 Å². The number of halogens is 3. The molecule has 8 nitrogen and oxygen atoms in total. The highest BCUT2D eigenvalue weighted by Gasteiger charge is 2.19. The molecule has 0 aliphatic rings. The molecule has 1 heterocycles. The predicted molar refractivity (Wildman–Crippen MR) is 174 cm³/mol. The number of carbonyl (C=O) groups excluding carboxylic acids is 3. The third kappa shape index (κ3) is 8.26. The minimum Gasteiger partial charge on any atom is -0.487 e. The van der Waals surface area contributed by atoms with Gasteiger partial charge in [-0.3, -0.25) is 14.4 Å². The van der Waals surface area contributed by atoms with Crippen molar-refractivity contribution in [2.45, 2.75) is 13.5 Å². The van der Waals surface area contributed by atoms with Gasteiger partial charge in [0.15, 0.2) is 0 Å². The molecule has 3 aromatic carbocycles. The van der Waals surface area contributed by atoms with E-state index in [1.165, 1.54) is 15.9 Å². The Labute approximate surface area is 266 Å². The summed E-state index contributed by atoms with van der Waals surface area (Å²) in [6.45, 7) is 1.73. The van der Waals surface area contributed by atoms with E-state index in [9.17, 15) is 14.4 Å². The number of para-hydroxylation sites is 1. The van der Waals surface area contributed by atoms with Crippen LogP contribution in [-0.4, -0.2) is 55.3 Å². The van der Waals surface area contributed by atoms with Gasteiger partial charge in [0.25, 0.3) is 5.91 Å². The first-order valence-corrected chi connectivity index (χ1v) is 13.8. The third-order valence-corrected chi connectivity index (χ3v) is 7.28. The monoisotopic (exact) mass is 640 g/mol. The molecular formula is C32H31Cl3N4O4. The summed E-state index contributed by atoms with van der Waals surface area (Å²) in [5.74, 6) is -0.344. The number of anilines is 1. The standard InChI is InChI=1S/C32H30Cl2N4O4.ClH/c1-20-8-12-22-6-5-7-27(31(22)36-20)42-19-24-25(33)15-16-26(30(24)34)38(4)29(40)18-35-28(39)17-11-21-9-13-23(14-10-21)32(41)37(2)3;/h5-17H,18-19H2,1-4H3,(H,35,39);1H/b17-11+;. The summed E-state index contributed by atoms with van der Waals surface area (Å²) in [6.07, 6.45) is 2.92. The molecule has 11 heteroatoms. The molecule has 0 aliphatic heterocycles. The molecule has 1 aromatic heterocycles. The van der Waals surface area contributed by atoms with Crippen LogP contribution in [0.5, 0.6) is 5.75 Å². The summed E-state index contributed by atoms with van der Waals surface area (Å²) in [5.41, 5.74) is 3.83. The van der Waals surface area contributed by atoms with E-state index in [1.54, 1.807) is 63.6 Å². The molecule has 0 saturated carbocycles. The summed E-state index contributed by atoms with van der Waals surface area (Å²) < 4.78 is 6.07. The minimum atomic E-state index is -0.444. The molecule has 224 valence electrons. The van der Waals surface area contributed by atoms with E-state index >= 15 is 0 Å². The van der Waals surface area contributed by atoms with Gasteiger partial charge in [0.05, 0.1) is 17.3 Å². The fraction of sp³-hybridized carbons (Fsp3) is 0.188. The van der Waals surface area contributed by atoms with E-state index in [0.717, 1.165) is 22.2 Å². The van der Waals surface area contributed by atoms with Gasteiger partial charge < -0.3 is 19.9 Å². The van der Waals surface area contributed by atoms with E-state index in [1.807, 2.05) is 37.3 Å². The number of carbonyl (C=O) groups is 3. The quantitative estimate of drug-likeness (QED) is 0.215. The van der Waals surface area contributed by atoms with Gasteiger partial charge >= 0.3 is 0 Å². The van der Waals surface area contributed by atoms with Crippen LogP contribution in [0.15, 0.2) is 72.8 Å². The van der Waals surface area contributed by atoms with Gasteiger partial charge in [-0.1, -0.05) is 53.5 Å². The second-order valence-electron chi connectivity index (χ2n) is 9.75. The molecule has 0 atom stereocenters. The predicted octanol–water partition coefficient (Wildman–Crippen LogP) is 6.35. The van der Waals surface area contributed by atoms with E-state index in [0.29, 0.717) is 27.6 Å². The largest absolute Gasteiger partial charge is 0.487 e. The summed E-state index contributed by atoms with van der Waals surface area (Å²) in [4.78, 5) is 44.7. The van der Waals surface area contributed by atoms with Crippen LogP contribution in [-0.2, 0) is 16.2 Å². The number of likely N-dealkylation sites (N-methyl/N-ethyl adjacent to an activating group) is 1. The smallest absolute Gasteiger partial charge is 0.253 e. The maximum atomic E-state index is 12.9. The average molecular weight is 642 g/mol. The van der Waals surface area contributed by atoms with Gasteiger partial charge in [-0.2, -0.15) is 0 Å². The molecule has 0 radical (unpaired) electrons. The molecule has 1 N–H and O–H groups in total. The molecular weight excluding hydrogens is 611 g/mol. The van der Waals surface area contributed by atoms with Crippen molar-refractivity contribution in [2.24, 2.45) is 0 Å². The van der Waals surface area contributed by atoms with Gasteiger partial charge in [-0.15, -0.1) is 12.4 Å². The number of fused-ring (bicyclic) bond motifs is 1. The van der Waals surface area contributed by atoms with Crippen LogP contribution in [0, 0.1) is 6.92 Å². The maximum absolute atomic E-state index is 12.9. The Bertz CT molecular complexity index is 1670. The van der Waals surface area contributed by atoms with Crippen LogP contribution >= 0.6 is 35.6 Å². The lowest BCUT2D eigenvalue weighted by molar-refractivity contribution is -0.122. The second-order valence-corrected chi connectivity index (χ2v) is 10.5. The zero-order valence-corrected chi connectivity index (χ0v) is 26.4. The molecule has 43 heavy (non-hydrogen) atoms. The van der Waals surface area contributed by atoms with Gasteiger partial charge in [-0.05, 0) is 55.0 Å². The number of hydrogen-bond donors (Lipinski definition) is 1. The summed E-state index contributed by atoms with van der Waals surface area (Å²) in [6, 6.07) is 19.7. The first kappa shape index (κ1) is 33.4. The Hall–Kier alpha value is -4.11. The fourth-order valence-corrected chi connectivity index (χ4v) is 4.71. The van der Waals surface area contributed by atoms with E-state index in [4.69, 9.17) is 27.9 Å². The van der Waals surface area contributed by atoms with Crippen LogP contribution in [0.1, 0.15) is 27.2 Å². The Morgan fingerprint density at radius 3 is 2.37 bits per heavy atom. The normalized spacial score (nSPS) is 10.7. The number of benzene rings is 3. The third-order valence-electron chi connectivity index (χ3n) is 6.50. The van der Waals surface area contributed by atoms with Crippen molar-refractivity contribution in [3.8, 4) is 5.75 Å². The number of aromatic nitrogens is 1. The highest BCUT2D eigenvalue weighted by molar-refractivity contribution is 6.38. The average Bonchev–Trinajstić information content (AvgIpc) is 2.98. The number of nitrogens with zero attached hydrogens (tertiary/aromatic N) is 3. The number of ether oxygens (including phenoxy) is 1. The lowest BCUT2D eigenvalue weighted by atomic mass is 10.1. The van der Waals surface area contributed by atoms with E-state index < -0.39 is 5.91 Å². The van der Waals surface area contributed by atoms with Crippen molar-refractivity contribution >= 4 is 76.0 Å². The second kappa shape index (κ2) is 14.9. The number of nitrogens with one attached hydrogen (secondary N) is 1. The van der Waals surface area contributed by atoms with Crippen LogP contribution in [0.4, 0.5) is 5.69 Å². The number of hydrogen-bond acceptors (Lipinski definition) is 5. The van der Waals surface area contributed by atoms with E-state index in [2.05, 4.69) is 10.3 Å². The zero-order chi connectivity index (χ0) is 30.4. The topological polar surface area (TPSA) is 91.8 Å². The summed E-state index contributed by atoms with van der Waals surface area (Å²) in [5, 5.41) is 4.19. The molecule has 0 unspecified atom stereocenters. The molecule has 0 aliphatic carbocycles. The Balaban J connectivity index is 0.00000506. The highest BCUT2D eigenvalue weighted by Crippen LogP contribution is 2.35. The van der Waals surface area contributed by atoms with Crippen molar-refractivity contribution in [2.75, 3.05) is 32.6 Å². The van der Waals surface area contributed by atoms with E-state index in [-0.39, 0.29) is 42.4 Å². The Kier molecular flexibility index (Phi) is 11.5. The number of amides is 3. The molecule has 4 aromatic rings. The molecule has 0 spiro atoms. The van der Waals surface area contributed by atoms with Gasteiger partial charge in [-0.25, -0.2) is 4.98 Å². The van der Waals surface area contributed by atoms with Crippen molar-refractivity contribution in [1.29, 1.82) is 0 Å². The van der Waals surface area contributed by atoms with Crippen LogP contribution < -0.4 is 15.0 Å². The number of pyridine rings is 1. The lowest BCUT2D eigenvalue weighted by Gasteiger charge is -2.21. The first-order chi connectivity index (χ1) is 20.0. The molecule has 3 amide bonds. The Morgan fingerprint density at radius 2 is 1.67 bits per heavy atom. The van der Waals surface area contributed by atoms with Crippen LogP contribution in [0.2, 0.25) is 10.0 Å². The van der Waals surface area contributed by atoms with Crippen LogP contribution in [0.3, 0.4) is 0 Å². The zero-order valence-electron chi connectivity index (χ0n) is 24.1. The van der Waals surface area contributed by atoms with Crippen molar-refractivity contribution in [1.82, 2.24) is 15.2 Å². The van der Waals surface area contributed by atoms with Crippen molar-refractivity contribution in [3.63, 3.8) is 0 Å². The SMILES string of the molecule is Cc1ccc2cccc(OCc3c(Cl)ccc(N(C)C(=O)CNC(=O)/C=C/c4ccc(C(=O)N(C)C)cc4)c3Cl)c2n1.Cl. The van der Waals surface area contributed by atoms with Crippen LogP contribution in [0.25, 0.3) is 17.0 Å². The maximum Gasteiger partial charge on any atom is 0.253 e. The number of aryl methyl sites for hydroxylation is 1. The van der Waals surface area contributed by atoms with Gasteiger partial charge in [0.2, 0.25) is 11.8 Å². The van der Waals surface area contributed by atoms with Gasteiger partial charge in [0.1, 0.15) is 17.9 Å². The Morgan fingerprint density at radius 1 is 0.953 bits per heavy atom. The summed E-state index contributed by atoms with van der Waals surface area (Å²) >= 11 is 13.1. The van der Waals surface area contributed by atoms with Crippen molar-refractivity contribution in [3.05, 3.63) is 105 Å². The molecule has 4 rings (SSSR count). The lowest BCUT2D eigenvalue weighted by Crippen LogP contribution is -2.37. The van der Waals surface area contributed by atoms with Crippen molar-refractivity contribution < 1.29 is 19.1 Å². The summed E-state index contributed by atoms with van der Waals surface area (Å²) in [7, 11) is 4.93.